The standard InChI is InChI=1S/C15H19BrClFN2/c1-4-15(2,3)9-20-13-8-11(18)10(16)7-12(13)19-14(20)5-6-17/h7-8H,4-6,9H2,1-3H3. The van der Waals surface area contributed by atoms with Gasteiger partial charge in [-0.1, -0.05) is 20.8 Å². The van der Waals surface area contributed by atoms with Crippen molar-refractivity contribution >= 4 is 38.6 Å². The van der Waals surface area contributed by atoms with E-state index in [-0.39, 0.29) is 11.2 Å². The summed E-state index contributed by atoms with van der Waals surface area (Å²) >= 11 is 9.08. The molecule has 1 aromatic heterocycles. The number of nitrogens with zero attached hydrogens (tertiary/aromatic N) is 2. The van der Waals surface area contributed by atoms with Gasteiger partial charge in [0.15, 0.2) is 0 Å². The summed E-state index contributed by atoms with van der Waals surface area (Å²) in [4.78, 5) is 4.60. The lowest BCUT2D eigenvalue weighted by molar-refractivity contribution is 0.294. The molecule has 0 atom stereocenters. The van der Waals surface area contributed by atoms with Crippen LogP contribution in [0.3, 0.4) is 0 Å². The van der Waals surface area contributed by atoms with E-state index in [1.807, 2.05) is 0 Å². The minimum Gasteiger partial charge on any atom is -0.327 e. The Morgan fingerprint density at radius 2 is 2.10 bits per heavy atom. The molecular weight excluding hydrogens is 343 g/mol. The molecule has 0 aliphatic carbocycles. The second-order valence-corrected chi connectivity index (χ2v) is 7.06. The summed E-state index contributed by atoms with van der Waals surface area (Å²) in [5, 5.41) is 0. The second-order valence-electron chi connectivity index (χ2n) is 5.83. The molecule has 2 nitrogen and oxygen atoms in total. The Kier molecular flexibility index (Phi) is 4.75. The van der Waals surface area contributed by atoms with Gasteiger partial charge in [0.05, 0.1) is 15.5 Å². The molecule has 0 spiro atoms. The molecule has 0 bridgehead atoms. The summed E-state index contributed by atoms with van der Waals surface area (Å²) in [6.07, 6.45) is 1.74. The van der Waals surface area contributed by atoms with Crippen LogP contribution in [-0.2, 0) is 13.0 Å². The molecule has 1 heterocycles. The maximum atomic E-state index is 13.8. The Bertz CT molecular complexity index is 622. The predicted octanol–water partition coefficient (Wildman–Crippen LogP) is 5.16. The highest BCUT2D eigenvalue weighted by Crippen LogP contribution is 2.29. The highest BCUT2D eigenvalue weighted by atomic mass is 79.9. The van der Waals surface area contributed by atoms with Crippen molar-refractivity contribution in [2.45, 2.75) is 40.2 Å². The zero-order valence-electron chi connectivity index (χ0n) is 12.0. The number of rotatable bonds is 5. The van der Waals surface area contributed by atoms with E-state index in [0.717, 1.165) is 29.8 Å². The number of aromatic nitrogens is 2. The third-order valence-electron chi connectivity index (χ3n) is 3.73. The number of hydrogen-bond donors (Lipinski definition) is 0. The first kappa shape index (κ1) is 15.8. The summed E-state index contributed by atoms with van der Waals surface area (Å²) in [5.41, 5.74) is 1.79. The molecule has 0 saturated heterocycles. The van der Waals surface area contributed by atoms with E-state index in [1.54, 1.807) is 12.1 Å². The normalized spacial score (nSPS) is 12.3. The monoisotopic (exact) mass is 360 g/mol. The second kappa shape index (κ2) is 6.02. The Labute approximate surface area is 132 Å². The molecule has 0 aliphatic heterocycles. The molecule has 5 heteroatoms. The Morgan fingerprint density at radius 3 is 2.70 bits per heavy atom. The Balaban J connectivity index is 2.58. The van der Waals surface area contributed by atoms with E-state index in [2.05, 4.69) is 46.3 Å². The van der Waals surface area contributed by atoms with E-state index in [9.17, 15) is 4.39 Å². The Hall–Kier alpha value is -0.610. The quantitative estimate of drug-likeness (QED) is 0.673. The van der Waals surface area contributed by atoms with Crippen molar-refractivity contribution in [2.24, 2.45) is 5.41 Å². The fraction of sp³-hybridized carbons (Fsp3) is 0.533. The third kappa shape index (κ3) is 3.17. The molecule has 110 valence electrons. The zero-order chi connectivity index (χ0) is 14.9. The fourth-order valence-corrected chi connectivity index (χ4v) is 2.66. The lowest BCUT2D eigenvalue weighted by atomic mass is 9.90. The summed E-state index contributed by atoms with van der Waals surface area (Å²) in [5.74, 6) is 1.18. The summed E-state index contributed by atoms with van der Waals surface area (Å²) in [6, 6.07) is 3.29. The van der Waals surface area contributed by atoms with Crippen LogP contribution in [0.25, 0.3) is 11.0 Å². The largest absolute Gasteiger partial charge is 0.327 e. The van der Waals surface area contributed by atoms with Crippen LogP contribution in [0.15, 0.2) is 16.6 Å². The van der Waals surface area contributed by atoms with Crippen molar-refractivity contribution in [1.29, 1.82) is 0 Å². The molecule has 20 heavy (non-hydrogen) atoms. The minimum absolute atomic E-state index is 0.137. The van der Waals surface area contributed by atoms with Gasteiger partial charge in [-0.25, -0.2) is 9.37 Å². The van der Waals surface area contributed by atoms with Gasteiger partial charge < -0.3 is 4.57 Å². The summed E-state index contributed by atoms with van der Waals surface area (Å²) in [6.45, 7) is 7.39. The number of hydrogen-bond acceptors (Lipinski definition) is 1. The van der Waals surface area contributed by atoms with Crippen LogP contribution in [0, 0.1) is 11.2 Å². The van der Waals surface area contributed by atoms with Crippen molar-refractivity contribution in [3.8, 4) is 0 Å². The van der Waals surface area contributed by atoms with Crippen molar-refractivity contribution < 1.29 is 4.39 Å². The topological polar surface area (TPSA) is 17.8 Å². The maximum Gasteiger partial charge on any atom is 0.139 e. The highest BCUT2D eigenvalue weighted by Gasteiger charge is 2.21. The average Bonchev–Trinajstić information content (AvgIpc) is 2.68. The molecule has 0 amide bonds. The summed E-state index contributed by atoms with van der Waals surface area (Å²) < 4.78 is 16.4. The number of halogens is 3. The third-order valence-corrected chi connectivity index (χ3v) is 4.53. The number of alkyl halides is 1. The van der Waals surface area contributed by atoms with Gasteiger partial charge >= 0.3 is 0 Å². The molecule has 2 aromatic rings. The highest BCUT2D eigenvalue weighted by molar-refractivity contribution is 9.10. The number of benzene rings is 1. The predicted molar refractivity (Wildman–Crippen MR) is 85.9 cm³/mol. The number of aryl methyl sites for hydroxylation is 1. The fourth-order valence-electron chi connectivity index (χ4n) is 2.16. The van der Waals surface area contributed by atoms with Gasteiger partial charge in [-0.05, 0) is 33.8 Å². The van der Waals surface area contributed by atoms with Crippen molar-refractivity contribution in [1.82, 2.24) is 9.55 Å². The van der Waals surface area contributed by atoms with Gasteiger partial charge in [0.1, 0.15) is 11.6 Å². The molecule has 1 aromatic carbocycles. The Morgan fingerprint density at radius 1 is 1.40 bits per heavy atom. The van der Waals surface area contributed by atoms with E-state index >= 15 is 0 Å². The van der Waals surface area contributed by atoms with Crippen molar-refractivity contribution in [3.63, 3.8) is 0 Å². The average molecular weight is 362 g/mol. The van der Waals surface area contributed by atoms with Gasteiger partial charge in [-0.2, -0.15) is 0 Å². The van der Waals surface area contributed by atoms with Crippen molar-refractivity contribution in [2.75, 3.05) is 5.88 Å². The molecule has 0 aliphatic rings. The van der Waals surface area contributed by atoms with Gasteiger partial charge in [0, 0.05) is 24.9 Å². The van der Waals surface area contributed by atoms with Crippen LogP contribution in [0.5, 0.6) is 0 Å². The maximum absolute atomic E-state index is 13.8. The van der Waals surface area contributed by atoms with Gasteiger partial charge in [-0.15, -0.1) is 11.6 Å². The van der Waals surface area contributed by atoms with Gasteiger partial charge in [0.2, 0.25) is 0 Å². The number of fused-ring (bicyclic) bond motifs is 1. The molecule has 0 N–H and O–H groups in total. The first-order valence-electron chi connectivity index (χ1n) is 6.78. The van der Waals surface area contributed by atoms with E-state index < -0.39 is 0 Å². The first-order chi connectivity index (χ1) is 9.38. The van der Waals surface area contributed by atoms with Gasteiger partial charge in [-0.3, -0.25) is 0 Å². The van der Waals surface area contributed by atoms with Crippen LogP contribution < -0.4 is 0 Å². The zero-order valence-corrected chi connectivity index (χ0v) is 14.4. The molecule has 0 fully saturated rings. The molecule has 2 rings (SSSR count). The lowest BCUT2D eigenvalue weighted by Crippen LogP contribution is -2.20. The first-order valence-corrected chi connectivity index (χ1v) is 8.11. The van der Waals surface area contributed by atoms with Crippen LogP contribution in [0.4, 0.5) is 4.39 Å². The van der Waals surface area contributed by atoms with E-state index in [1.165, 1.54) is 0 Å². The molecule has 0 radical (unpaired) electrons. The summed E-state index contributed by atoms with van der Waals surface area (Å²) in [7, 11) is 0. The van der Waals surface area contributed by atoms with Crippen LogP contribution in [0.1, 0.15) is 33.0 Å². The van der Waals surface area contributed by atoms with Crippen LogP contribution >= 0.6 is 27.5 Å². The smallest absolute Gasteiger partial charge is 0.139 e. The lowest BCUT2D eigenvalue weighted by Gasteiger charge is -2.24. The minimum atomic E-state index is -0.259. The molecular formula is C15H19BrClFN2. The number of imidazole rings is 1. The molecule has 0 unspecified atom stereocenters. The van der Waals surface area contributed by atoms with Gasteiger partial charge in [0.25, 0.3) is 0 Å². The van der Waals surface area contributed by atoms with Crippen molar-refractivity contribution in [3.05, 3.63) is 28.2 Å². The SMILES string of the molecule is CCC(C)(C)Cn1c(CCCl)nc2cc(Br)c(F)cc21. The van der Waals surface area contributed by atoms with E-state index in [0.29, 0.717) is 16.8 Å². The van der Waals surface area contributed by atoms with Crippen LogP contribution in [-0.4, -0.2) is 15.4 Å². The molecule has 0 saturated carbocycles. The van der Waals surface area contributed by atoms with E-state index in [4.69, 9.17) is 11.6 Å². The van der Waals surface area contributed by atoms with Crippen LogP contribution in [0.2, 0.25) is 0 Å².